The average molecular weight is 290 g/mol. The van der Waals surface area contributed by atoms with Crippen LogP contribution in [-0.2, 0) is 0 Å². The van der Waals surface area contributed by atoms with Gasteiger partial charge in [-0.3, -0.25) is 9.69 Å². The van der Waals surface area contributed by atoms with E-state index in [4.69, 9.17) is 0 Å². The molecule has 0 spiro atoms. The van der Waals surface area contributed by atoms with Gasteiger partial charge in [-0.05, 0) is 17.5 Å². The lowest BCUT2D eigenvalue weighted by atomic mass is 9.89. The third-order valence-corrected chi connectivity index (χ3v) is 4.12. The normalized spacial score (nSPS) is 18.6. The molecule has 2 rings (SSSR count). The maximum absolute atomic E-state index is 12.0. The second kappa shape index (κ2) is 6.58. The summed E-state index contributed by atoms with van der Waals surface area (Å²) in [6.07, 6.45) is -0.325. The first kappa shape index (κ1) is 16.0. The van der Waals surface area contributed by atoms with Gasteiger partial charge in [0.15, 0.2) is 0 Å². The van der Waals surface area contributed by atoms with Crippen molar-refractivity contribution >= 4 is 5.69 Å². The minimum atomic E-state index is -0.325. The van der Waals surface area contributed by atoms with Gasteiger partial charge in [0.25, 0.3) is 0 Å². The van der Waals surface area contributed by atoms with Crippen molar-refractivity contribution in [2.45, 2.75) is 26.9 Å². The van der Waals surface area contributed by atoms with Crippen molar-refractivity contribution < 1.29 is 5.11 Å². The van der Waals surface area contributed by atoms with Crippen LogP contribution < -0.4 is 10.3 Å². The van der Waals surface area contributed by atoms with E-state index in [1.807, 2.05) is 18.2 Å². The highest BCUT2D eigenvalue weighted by Gasteiger charge is 2.26. The van der Waals surface area contributed by atoms with Gasteiger partial charge in [-0.1, -0.05) is 39.0 Å². The Labute approximate surface area is 127 Å². The number of nitrogens with zero attached hydrogens (tertiary/aromatic N) is 2. The van der Waals surface area contributed by atoms with E-state index in [1.54, 1.807) is 12.1 Å². The molecule has 1 aliphatic rings. The quantitative estimate of drug-likeness (QED) is 0.918. The van der Waals surface area contributed by atoms with Crippen LogP contribution in [0.3, 0.4) is 0 Å². The molecule has 4 heteroatoms. The highest BCUT2D eigenvalue weighted by atomic mass is 16.3. The summed E-state index contributed by atoms with van der Waals surface area (Å²) in [5, 5.41) is 10.2. The lowest BCUT2D eigenvalue weighted by molar-refractivity contribution is 0.0270. The molecule has 1 atom stereocenters. The van der Waals surface area contributed by atoms with Crippen LogP contribution in [0.5, 0.6) is 0 Å². The van der Waals surface area contributed by atoms with Gasteiger partial charge >= 0.3 is 0 Å². The zero-order valence-corrected chi connectivity index (χ0v) is 13.2. The third kappa shape index (κ3) is 4.29. The Hall–Kier alpha value is -1.39. The summed E-state index contributed by atoms with van der Waals surface area (Å²) in [5.74, 6) is 0. The Morgan fingerprint density at radius 2 is 1.71 bits per heavy atom. The van der Waals surface area contributed by atoms with E-state index in [0.29, 0.717) is 6.54 Å². The van der Waals surface area contributed by atoms with E-state index < -0.39 is 0 Å². The topological polar surface area (TPSA) is 43.8 Å². The minimum absolute atomic E-state index is 0.0724. The van der Waals surface area contributed by atoms with Crippen molar-refractivity contribution in [3.05, 3.63) is 40.6 Å². The minimum Gasteiger partial charge on any atom is -0.391 e. The fourth-order valence-electron chi connectivity index (χ4n) is 2.47. The van der Waals surface area contributed by atoms with E-state index in [2.05, 4.69) is 30.6 Å². The summed E-state index contributed by atoms with van der Waals surface area (Å²) < 4.78 is 0. The maximum atomic E-state index is 12.0. The molecule has 0 amide bonds. The number of aliphatic hydroxyl groups excluding tert-OH is 1. The van der Waals surface area contributed by atoms with E-state index in [0.717, 1.165) is 31.9 Å². The third-order valence-electron chi connectivity index (χ3n) is 4.12. The van der Waals surface area contributed by atoms with E-state index in [-0.39, 0.29) is 16.9 Å². The molecule has 21 heavy (non-hydrogen) atoms. The van der Waals surface area contributed by atoms with Crippen LogP contribution in [0.15, 0.2) is 35.1 Å². The van der Waals surface area contributed by atoms with Crippen molar-refractivity contribution in [1.82, 2.24) is 4.90 Å². The molecule has 0 saturated carbocycles. The SMILES string of the molecule is CC(C)(C)C(O)CN1CCN(c2cccccc2=O)CC1. The second-order valence-electron chi connectivity index (χ2n) is 6.83. The molecule has 0 aromatic heterocycles. The van der Waals surface area contributed by atoms with Gasteiger partial charge in [-0.2, -0.15) is 0 Å². The number of rotatable bonds is 3. The molecule has 116 valence electrons. The highest BCUT2D eigenvalue weighted by molar-refractivity contribution is 5.45. The van der Waals surface area contributed by atoms with Crippen LogP contribution in [0.4, 0.5) is 5.69 Å². The molecule has 0 aliphatic carbocycles. The van der Waals surface area contributed by atoms with E-state index in [1.165, 1.54) is 0 Å². The van der Waals surface area contributed by atoms with Gasteiger partial charge in [0.2, 0.25) is 5.43 Å². The number of piperazine rings is 1. The van der Waals surface area contributed by atoms with Crippen LogP contribution in [0.2, 0.25) is 0 Å². The molecular weight excluding hydrogens is 264 g/mol. The monoisotopic (exact) mass is 290 g/mol. The molecule has 1 heterocycles. The van der Waals surface area contributed by atoms with Crippen molar-refractivity contribution in [2.75, 3.05) is 37.6 Å². The molecule has 1 N–H and O–H groups in total. The Bertz CT molecular complexity index is 517. The summed E-state index contributed by atoms with van der Waals surface area (Å²) in [6, 6.07) is 9.07. The molecule has 1 aromatic rings. The second-order valence-corrected chi connectivity index (χ2v) is 6.83. The summed E-state index contributed by atoms with van der Waals surface area (Å²) in [5.41, 5.74) is 0.756. The molecule has 1 fully saturated rings. The molecule has 0 bridgehead atoms. The average Bonchev–Trinajstić information content (AvgIpc) is 2.63. The van der Waals surface area contributed by atoms with Crippen molar-refractivity contribution in [3.63, 3.8) is 0 Å². The standard InChI is InChI=1S/C17H26N2O2/c1-17(2,3)16(21)13-18-9-11-19(12-10-18)14-7-5-4-6-8-15(14)20/h4-8,16,21H,9-13H2,1-3H3. The Kier molecular flexibility index (Phi) is 5.01. The van der Waals surface area contributed by atoms with Gasteiger partial charge in [-0.15, -0.1) is 0 Å². The van der Waals surface area contributed by atoms with E-state index in [9.17, 15) is 9.90 Å². The van der Waals surface area contributed by atoms with Gasteiger partial charge in [0.1, 0.15) is 0 Å². The number of hydrogen-bond donors (Lipinski definition) is 1. The molecule has 1 aromatic carbocycles. The molecule has 0 radical (unpaired) electrons. The molecule has 4 nitrogen and oxygen atoms in total. The first-order chi connectivity index (χ1) is 9.88. The Balaban J connectivity index is 1.95. The fourth-order valence-corrected chi connectivity index (χ4v) is 2.47. The van der Waals surface area contributed by atoms with Crippen molar-refractivity contribution in [1.29, 1.82) is 0 Å². The lowest BCUT2D eigenvalue weighted by Crippen LogP contribution is -2.51. The molecular formula is C17H26N2O2. The summed E-state index contributed by atoms with van der Waals surface area (Å²) >= 11 is 0. The van der Waals surface area contributed by atoms with Crippen LogP contribution in [0, 0.1) is 5.41 Å². The fraction of sp³-hybridized carbons (Fsp3) is 0.588. The molecule has 1 saturated heterocycles. The first-order valence-electron chi connectivity index (χ1n) is 7.62. The van der Waals surface area contributed by atoms with Crippen molar-refractivity contribution in [3.8, 4) is 0 Å². The maximum Gasteiger partial charge on any atom is 0.201 e. The summed E-state index contributed by atoms with van der Waals surface area (Å²) in [6.45, 7) is 10.3. The predicted molar refractivity (Wildman–Crippen MR) is 86.8 cm³/mol. The van der Waals surface area contributed by atoms with Gasteiger partial charge < -0.3 is 10.0 Å². The first-order valence-corrected chi connectivity index (χ1v) is 7.62. The smallest absolute Gasteiger partial charge is 0.201 e. The lowest BCUT2D eigenvalue weighted by Gasteiger charge is -2.38. The highest BCUT2D eigenvalue weighted by Crippen LogP contribution is 2.20. The van der Waals surface area contributed by atoms with Crippen LogP contribution >= 0.6 is 0 Å². The summed E-state index contributed by atoms with van der Waals surface area (Å²) in [7, 11) is 0. The van der Waals surface area contributed by atoms with Gasteiger partial charge in [0, 0.05) is 32.7 Å². The Morgan fingerprint density at radius 1 is 1.10 bits per heavy atom. The van der Waals surface area contributed by atoms with Crippen LogP contribution in [-0.4, -0.2) is 48.8 Å². The van der Waals surface area contributed by atoms with Crippen LogP contribution in [0.1, 0.15) is 20.8 Å². The number of β-amino-alcohol motifs (C(OH)–C–C–N with tert-alkyl or cyclic N) is 1. The van der Waals surface area contributed by atoms with Crippen molar-refractivity contribution in [2.24, 2.45) is 5.41 Å². The summed E-state index contributed by atoms with van der Waals surface area (Å²) in [4.78, 5) is 16.4. The van der Waals surface area contributed by atoms with Crippen LogP contribution in [0.25, 0.3) is 0 Å². The number of anilines is 1. The van der Waals surface area contributed by atoms with E-state index >= 15 is 0 Å². The number of aliphatic hydroxyl groups is 1. The zero-order chi connectivity index (χ0) is 15.5. The van der Waals surface area contributed by atoms with Gasteiger partial charge in [0.05, 0.1) is 11.8 Å². The largest absolute Gasteiger partial charge is 0.391 e. The Morgan fingerprint density at radius 3 is 2.33 bits per heavy atom. The number of hydrogen-bond acceptors (Lipinski definition) is 4. The molecule has 1 unspecified atom stereocenters. The van der Waals surface area contributed by atoms with Gasteiger partial charge in [-0.25, -0.2) is 0 Å². The zero-order valence-electron chi connectivity index (χ0n) is 13.2. The predicted octanol–water partition coefficient (Wildman–Crippen LogP) is 1.58. The molecule has 1 aliphatic heterocycles.